The van der Waals surface area contributed by atoms with Gasteiger partial charge in [0, 0.05) is 7.05 Å². The minimum absolute atomic E-state index is 0.328. The quantitative estimate of drug-likeness (QED) is 0.733. The SMILES string of the molecule is CNc1ncnc(NC(CC(C)C)C(=O)OC)c1OC. The molecule has 1 aromatic heterocycles. The second-order valence-corrected chi connectivity index (χ2v) is 4.70. The maximum atomic E-state index is 11.8. The molecule has 7 nitrogen and oxygen atoms in total. The Morgan fingerprint density at radius 1 is 1.30 bits per heavy atom. The first-order valence-electron chi connectivity index (χ1n) is 6.44. The van der Waals surface area contributed by atoms with Crippen LogP contribution in [0.15, 0.2) is 6.33 Å². The van der Waals surface area contributed by atoms with E-state index in [1.165, 1.54) is 20.5 Å². The molecule has 0 bridgehead atoms. The second-order valence-electron chi connectivity index (χ2n) is 4.70. The molecule has 1 heterocycles. The molecule has 0 spiro atoms. The number of rotatable bonds is 7. The van der Waals surface area contributed by atoms with Crippen molar-refractivity contribution >= 4 is 17.6 Å². The summed E-state index contributed by atoms with van der Waals surface area (Å²) in [5.41, 5.74) is 0. The molecule has 0 aliphatic heterocycles. The molecule has 0 fully saturated rings. The van der Waals surface area contributed by atoms with E-state index in [1.54, 1.807) is 7.05 Å². The van der Waals surface area contributed by atoms with Gasteiger partial charge in [-0.3, -0.25) is 0 Å². The van der Waals surface area contributed by atoms with Gasteiger partial charge in [-0.15, -0.1) is 0 Å². The third-order valence-electron chi connectivity index (χ3n) is 2.75. The number of carbonyl (C=O) groups excluding carboxylic acids is 1. The van der Waals surface area contributed by atoms with Crippen LogP contribution in [0.3, 0.4) is 0 Å². The number of ether oxygens (including phenoxy) is 2. The van der Waals surface area contributed by atoms with Crippen LogP contribution in [0.4, 0.5) is 11.6 Å². The van der Waals surface area contributed by atoms with Crippen molar-refractivity contribution in [2.45, 2.75) is 26.3 Å². The fraction of sp³-hybridized carbons (Fsp3) is 0.615. The van der Waals surface area contributed by atoms with E-state index in [1.807, 2.05) is 13.8 Å². The molecule has 0 saturated heterocycles. The van der Waals surface area contributed by atoms with Gasteiger partial charge >= 0.3 is 5.97 Å². The number of nitrogens with one attached hydrogen (secondary N) is 2. The van der Waals surface area contributed by atoms with Crippen molar-refractivity contribution in [3.63, 3.8) is 0 Å². The van der Waals surface area contributed by atoms with Crippen LogP contribution in [0.25, 0.3) is 0 Å². The lowest BCUT2D eigenvalue weighted by molar-refractivity contribution is -0.141. The molecule has 20 heavy (non-hydrogen) atoms. The first-order chi connectivity index (χ1) is 9.53. The van der Waals surface area contributed by atoms with Crippen LogP contribution in [0.1, 0.15) is 20.3 Å². The number of hydrogen-bond acceptors (Lipinski definition) is 7. The van der Waals surface area contributed by atoms with E-state index in [0.29, 0.717) is 29.7 Å². The molecule has 1 rings (SSSR count). The van der Waals surface area contributed by atoms with E-state index >= 15 is 0 Å². The Kier molecular flexibility index (Phi) is 6.02. The largest absolute Gasteiger partial charge is 0.490 e. The van der Waals surface area contributed by atoms with Crippen LogP contribution in [-0.2, 0) is 9.53 Å². The number of nitrogens with zero attached hydrogens (tertiary/aromatic N) is 2. The maximum Gasteiger partial charge on any atom is 0.328 e. The van der Waals surface area contributed by atoms with Gasteiger partial charge in [-0.1, -0.05) is 13.8 Å². The Bertz CT molecular complexity index is 451. The predicted molar refractivity (Wildman–Crippen MR) is 77.0 cm³/mol. The van der Waals surface area contributed by atoms with Gasteiger partial charge in [0.05, 0.1) is 14.2 Å². The number of carbonyl (C=O) groups is 1. The summed E-state index contributed by atoms with van der Waals surface area (Å²) in [6.45, 7) is 4.07. The second kappa shape index (κ2) is 7.52. The molecule has 112 valence electrons. The van der Waals surface area contributed by atoms with Crippen LogP contribution in [-0.4, -0.2) is 43.2 Å². The van der Waals surface area contributed by atoms with E-state index in [2.05, 4.69) is 20.6 Å². The molecule has 7 heteroatoms. The normalized spacial score (nSPS) is 11.9. The highest BCUT2D eigenvalue weighted by Crippen LogP contribution is 2.29. The fourth-order valence-corrected chi connectivity index (χ4v) is 1.84. The molecule has 0 aromatic carbocycles. The van der Waals surface area contributed by atoms with Gasteiger partial charge in [-0.25, -0.2) is 14.8 Å². The number of anilines is 2. The Balaban J connectivity index is 3.01. The van der Waals surface area contributed by atoms with Gasteiger partial charge in [0.1, 0.15) is 12.4 Å². The first kappa shape index (κ1) is 16.0. The molecular formula is C13H22N4O3. The predicted octanol–water partition coefficient (Wildman–Crippen LogP) is 1.53. The highest BCUT2D eigenvalue weighted by molar-refractivity contribution is 5.80. The number of esters is 1. The summed E-state index contributed by atoms with van der Waals surface area (Å²) in [6.07, 6.45) is 2.04. The maximum absolute atomic E-state index is 11.8. The molecule has 0 aliphatic rings. The van der Waals surface area contributed by atoms with Gasteiger partial charge in [-0.2, -0.15) is 0 Å². The molecule has 0 amide bonds. The summed E-state index contributed by atoms with van der Waals surface area (Å²) in [7, 11) is 4.63. The van der Waals surface area contributed by atoms with E-state index < -0.39 is 6.04 Å². The minimum Gasteiger partial charge on any atom is -0.490 e. The molecule has 0 aliphatic carbocycles. The number of hydrogen-bond donors (Lipinski definition) is 2. The lowest BCUT2D eigenvalue weighted by Gasteiger charge is -2.20. The van der Waals surface area contributed by atoms with Crippen LogP contribution in [0, 0.1) is 5.92 Å². The Hall–Kier alpha value is -2.05. The van der Waals surface area contributed by atoms with Gasteiger partial charge in [0.15, 0.2) is 11.6 Å². The van der Waals surface area contributed by atoms with Crippen LogP contribution >= 0.6 is 0 Å². The minimum atomic E-state index is -0.478. The van der Waals surface area contributed by atoms with Gasteiger partial charge in [-0.05, 0) is 12.3 Å². The Morgan fingerprint density at radius 3 is 2.45 bits per heavy atom. The average molecular weight is 282 g/mol. The Morgan fingerprint density at radius 2 is 1.95 bits per heavy atom. The topological polar surface area (TPSA) is 85.4 Å². The van der Waals surface area contributed by atoms with Crippen molar-refractivity contribution in [3.05, 3.63) is 6.33 Å². The van der Waals surface area contributed by atoms with Gasteiger partial charge in [0.25, 0.3) is 0 Å². The van der Waals surface area contributed by atoms with E-state index in [-0.39, 0.29) is 5.97 Å². The third kappa shape index (κ3) is 3.97. The molecule has 1 atom stereocenters. The van der Waals surface area contributed by atoms with Gasteiger partial charge in [0.2, 0.25) is 5.75 Å². The summed E-state index contributed by atoms with van der Waals surface area (Å²) in [5, 5.41) is 5.98. The number of aromatic nitrogens is 2. The van der Waals surface area contributed by atoms with E-state index in [0.717, 1.165) is 0 Å². The smallest absolute Gasteiger partial charge is 0.328 e. The van der Waals surface area contributed by atoms with Gasteiger partial charge < -0.3 is 20.1 Å². The van der Waals surface area contributed by atoms with Crippen molar-refractivity contribution in [2.75, 3.05) is 31.9 Å². The van der Waals surface area contributed by atoms with Crippen LogP contribution in [0.5, 0.6) is 5.75 Å². The average Bonchev–Trinajstić information content (AvgIpc) is 2.44. The van der Waals surface area contributed by atoms with Crippen molar-refractivity contribution < 1.29 is 14.3 Å². The summed E-state index contributed by atoms with van der Waals surface area (Å²) < 4.78 is 10.1. The number of methoxy groups -OCH3 is 2. The molecule has 0 saturated carbocycles. The lowest BCUT2D eigenvalue weighted by Crippen LogP contribution is -2.32. The van der Waals surface area contributed by atoms with Crippen LogP contribution in [0.2, 0.25) is 0 Å². The van der Waals surface area contributed by atoms with Crippen LogP contribution < -0.4 is 15.4 Å². The monoisotopic (exact) mass is 282 g/mol. The van der Waals surface area contributed by atoms with Crippen molar-refractivity contribution in [1.82, 2.24) is 9.97 Å². The van der Waals surface area contributed by atoms with Crippen molar-refractivity contribution in [2.24, 2.45) is 5.92 Å². The van der Waals surface area contributed by atoms with Crippen molar-refractivity contribution in [1.29, 1.82) is 0 Å². The van der Waals surface area contributed by atoms with Crippen molar-refractivity contribution in [3.8, 4) is 5.75 Å². The highest BCUT2D eigenvalue weighted by atomic mass is 16.5. The zero-order valence-corrected chi connectivity index (χ0v) is 12.6. The molecular weight excluding hydrogens is 260 g/mol. The summed E-state index contributed by atoms with van der Waals surface area (Å²) >= 11 is 0. The molecule has 2 N–H and O–H groups in total. The molecule has 1 aromatic rings. The first-order valence-corrected chi connectivity index (χ1v) is 6.44. The fourth-order valence-electron chi connectivity index (χ4n) is 1.84. The zero-order valence-electron chi connectivity index (χ0n) is 12.6. The summed E-state index contributed by atoms with van der Waals surface area (Å²) in [4.78, 5) is 20.0. The van der Waals surface area contributed by atoms with E-state index in [9.17, 15) is 4.79 Å². The highest BCUT2D eigenvalue weighted by Gasteiger charge is 2.23. The molecule has 1 unspecified atom stereocenters. The lowest BCUT2D eigenvalue weighted by atomic mass is 10.0. The zero-order chi connectivity index (χ0) is 15.1. The molecule has 0 radical (unpaired) electrons. The van der Waals surface area contributed by atoms with E-state index in [4.69, 9.17) is 9.47 Å². The Labute approximate surface area is 119 Å². The third-order valence-corrected chi connectivity index (χ3v) is 2.75. The summed E-state index contributed by atoms with van der Waals surface area (Å²) in [5.74, 6) is 1.49. The standard InChI is InChI=1S/C13H22N4O3/c1-8(2)6-9(13(18)20-5)17-12-10(19-4)11(14-3)15-7-16-12/h7-9H,6H2,1-5H3,(H2,14,15,16,17). The summed E-state index contributed by atoms with van der Waals surface area (Å²) in [6, 6.07) is -0.478.